The van der Waals surface area contributed by atoms with E-state index in [1.807, 2.05) is 0 Å². The van der Waals surface area contributed by atoms with Crippen molar-refractivity contribution in [1.82, 2.24) is 0 Å². The fourth-order valence-electron chi connectivity index (χ4n) is 2.95. The fourth-order valence-corrected chi connectivity index (χ4v) is 8.04. The first-order valence-corrected chi connectivity index (χ1v) is 7.85. The second kappa shape index (κ2) is 5.67. The Balaban J connectivity index is 4.92. The molecule has 0 nitrogen and oxygen atoms in total. The van der Waals surface area contributed by atoms with Crippen LogP contribution in [0.3, 0.4) is 0 Å². The van der Waals surface area contributed by atoms with Crippen molar-refractivity contribution < 1.29 is 0 Å². The molecule has 1 unspecified atom stereocenters. The quantitative estimate of drug-likeness (QED) is 0.548. The van der Waals surface area contributed by atoms with Gasteiger partial charge in [-0.3, -0.25) is 0 Å². The third-order valence-electron chi connectivity index (χ3n) is 2.90. The Morgan fingerprint density at radius 1 is 0.867 bits per heavy atom. The molecule has 0 aliphatic carbocycles. The Bertz CT molecular complexity index is 157. The van der Waals surface area contributed by atoms with Crippen molar-refractivity contribution in [1.29, 1.82) is 0 Å². The Kier molecular flexibility index (Phi) is 5.83. The largest absolute Gasteiger partial charge is 0.0925 e. The monoisotopic (exact) mass is 230 g/mol. The van der Waals surface area contributed by atoms with E-state index in [-0.39, 0.29) is 7.92 Å². The molecule has 0 bridgehead atoms. The topological polar surface area (TPSA) is 0 Å². The first-order valence-electron chi connectivity index (χ1n) is 6.44. The molecule has 0 fully saturated rings. The SMILES string of the molecule is CCCC(CC)P(C(C)(C)C)C(C)(C)C. The Morgan fingerprint density at radius 2 is 1.27 bits per heavy atom. The van der Waals surface area contributed by atoms with Gasteiger partial charge < -0.3 is 0 Å². The van der Waals surface area contributed by atoms with Gasteiger partial charge in [0.05, 0.1) is 0 Å². The number of hydrogen-bond acceptors (Lipinski definition) is 0. The van der Waals surface area contributed by atoms with Gasteiger partial charge >= 0.3 is 0 Å². The summed E-state index contributed by atoms with van der Waals surface area (Å²) in [6, 6.07) is 0. The lowest BCUT2D eigenvalue weighted by atomic mass is 10.2. The molecule has 0 heterocycles. The highest BCUT2D eigenvalue weighted by Gasteiger charge is 2.38. The second-order valence-electron chi connectivity index (χ2n) is 6.56. The summed E-state index contributed by atoms with van der Waals surface area (Å²) in [6.07, 6.45) is 4.11. The van der Waals surface area contributed by atoms with Crippen molar-refractivity contribution >= 4 is 7.92 Å². The number of hydrogen-bond donors (Lipinski definition) is 0. The standard InChI is InChI=1S/C14H31P/c1-9-11-12(10-2)15(13(3,4)5)14(6,7)8/h12H,9-11H2,1-8H3. The summed E-state index contributed by atoms with van der Waals surface area (Å²) >= 11 is 0. The van der Waals surface area contributed by atoms with E-state index in [4.69, 9.17) is 0 Å². The van der Waals surface area contributed by atoms with Crippen LogP contribution in [0.15, 0.2) is 0 Å². The molecule has 92 valence electrons. The molecule has 0 amide bonds. The maximum absolute atomic E-state index is 2.43. The van der Waals surface area contributed by atoms with Crippen LogP contribution in [0, 0.1) is 0 Å². The van der Waals surface area contributed by atoms with E-state index < -0.39 is 0 Å². The average Bonchev–Trinajstić information content (AvgIpc) is 1.98. The van der Waals surface area contributed by atoms with Crippen LogP contribution < -0.4 is 0 Å². The normalized spacial score (nSPS) is 15.8. The summed E-state index contributed by atoms with van der Waals surface area (Å²) in [5.41, 5.74) is 0.949. The predicted molar refractivity (Wildman–Crippen MR) is 75.4 cm³/mol. The molecular formula is C14H31P. The highest BCUT2D eigenvalue weighted by molar-refractivity contribution is 7.61. The zero-order valence-corrected chi connectivity index (χ0v) is 13.0. The second-order valence-corrected chi connectivity index (χ2v) is 10.7. The Labute approximate surface area is 99.0 Å². The van der Waals surface area contributed by atoms with Crippen LogP contribution in [-0.4, -0.2) is 16.0 Å². The smallest absolute Gasteiger partial charge is 0.0172 e. The van der Waals surface area contributed by atoms with Crippen molar-refractivity contribution in [2.24, 2.45) is 0 Å². The van der Waals surface area contributed by atoms with Crippen molar-refractivity contribution in [2.75, 3.05) is 0 Å². The molecule has 0 aromatic carbocycles. The Morgan fingerprint density at radius 3 is 1.47 bits per heavy atom. The van der Waals surface area contributed by atoms with E-state index in [0.717, 1.165) is 5.66 Å². The molecule has 0 saturated carbocycles. The van der Waals surface area contributed by atoms with Gasteiger partial charge in [-0.05, 0) is 28.8 Å². The minimum Gasteiger partial charge on any atom is -0.0925 e. The summed E-state index contributed by atoms with van der Waals surface area (Å²) < 4.78 is 0. The lowest BCUT2D eigenvalue weighted by molar-refractivity contribution is 0.636. The van der Waals surface area contributed by atoms with Gasteiger partial charge in [-0.1, -0.05) is 69.7 Å². The van der Waals surface area contributed by atoms with Gasteiger partial charge in [0, 0.05) is 0 Å². The molecule has 0 aliphatic heterocycles. The number of rotatable bonds is 4. The summed E-state index contributed by atoms with van der Waals surface area (Å²) in [5.74, 6) is 0. The molecule has 0 spiro atoms. The van der Waals surface area contributed by atoms with E-state index >= 15 is 0 Å². The third kappa shape index (κ3) is 4.85. The van der Waals surface area contributed by atoms with Crippen molar-refractivity contribution in [3.05, 3.63) is 0 Å². The molecule has 0 radical (unpaired) electrons. The van der Waals surface area contributed by atoms with E-state index in [1.165, 1.54) is 19.3 Å². The van der Waals surface area contributed by atoms with Gasteiger partial charge in [-0.15, -0.1) is 0 Å². The van der Waals surface area contributed by atoms with Crippen LogP contribution in [0.2, 0.25) is 0 Å². The maximum Gasteiger partial charge on any atom is -0.0172 e. The molecule has 1 atom stereocenters. The van der Waals surface area contributed by atoms with E-state index in [1.54, 1.807) is 0 Å². The van der Waals surface area contributed by atoms with Crippen molar-refractivity contribution in [3.63, 3.8) is 0 Å². The van der Waals surface area contributed by atoms with Crippen LogP contribution in [0.25, 0.3) is 0 Å². The van der Waals surface area contributed by atoms with Crippen LogP contribution in [-0.2, 0) is 0 Å². The molecule has 1 heteroatoms. The van der Waals surface area contributed by atoms with E-state index in [0.29, 0.717) is 10.3 Å². The molecule has 0 rings (SSSR count). The van der Waals surface area contributed by atoms with Crippen LogP contribution in [0.1, 0.15) is 74.7 Å². The first kappa shape index (κ1) is 15.4. The van der Waals surface area contributed by atoms with Gasteiger partial charge in [0.15, 0.2) is 0 Å². The highest BCUT2D eigenvalue weighted by atomic mass is 31.1. The molecule has 0 saturated heterocycles. The maximum atomic E-state index is 2.43. The zero-order valence-electron chi connectivity index (χ0n) is 12.1. The summed E-state index contributed by atoms with van der Waals surface area (Å²) in [7, 11) is 0.0878. The Hall–Kier alpha value is 0.430. The minimum absolute atomic E-state index is 0.0878. The summed E-state index contributed by atoms with van der Waals surface area (Å²) in [6.45, 7) is 19.3. The van der Waals surface area contributed by atoms with Crippen LogP contribution in [0.5, 0.6) is 0 Å². The molecule has 0 aromatic rings. The lowest BCUT2D eigenvalue weighted by Crippen LogP contribution is -2.31. The molecule has 0 aromatic heterocycles. The zero-order chi connectivity index (χ0) is 12.3. The van der Waals surface area contributed by atoms with E-state index in [2.05, 4.69) is 55.4 Å². The van der Waals surface area contributed by atoms with Crippen molar-refractivity contribution in [2.45, 2.75) is 90.6 Å². The van der Waals surface area contributed by atoms with Gasteiger partial charge in [0.25, 0.3) is 0 Å². The van der Waals surface area contributed by atoms with Gasteiger partial charge in [-0.2, -0.15) is 0 Å². The predicted octanol–water partition coefficient (Wildman–Crippen LogP) is 5.64. The minimum atomic E-state index is 0.0878. The molecule has 0 N–H and O–H groups in total. The molecule has 0 aliphatic rings. The molecule has 15 heavy (non-hydrogen) atoms. The third-order valence-corrected chi connectivity index (χ3v) is 7.15. The average molecular weight is 230 g/mol. The first-order chi connectivity index (χ1) is 6.64. The fraction of sp³-hybridized carbons (Fsp3) is 1.00. The van der Waals surface area contributed by atoms with Crippen LogP contribution >= 0.6 is 7.92 Å². The van der Waals surface area contributed by atoms with Crippen molar-refractivity contribution in [3.8, 4) is 0 Å². The van der Waals surface area contributed by atoms with Gasteiger partial charge in [0.1, 0.15) is 0 Å². The summed E-state index contributed by atoms with van der Waals surface area (Å²) in [5, 5.41) is 0.979. The van der Waals surface area contributed by atoms with E-state index in [9.17, 15) is 0 Å². The lowest BCUT2D eigenvalue weighted by Gasteiger charge is -2.46. The highest BCUT2D eigenvalue weighted by Crippen LogP contribution is 2.64. The van der Waals surface area contributed by atoms with Crippen LogP contribution in [0.4, 0.5) is 0 Å². The van der Waals surface area contributed by atoms with Gasteiger partial charge in [-0.25, -0.2) is 0 Å². The molecular weight excluding hydrogens is 199 g/mol. The summed E-state index contributed by atoms with van der Waals surface area (Å²) in [4.78, 5) is 0. The van der Waals surface area contributed by atoms with Gasteiger partial charge in [0.2, 0.25) is 0 Å².